The maximum Gasteiger partial charge on any atom is 0.396 e. The molecule has 2 heterocycles. The quantitative estimate of drug-likeness (QED) is 0.900. The van der Waals surface area contributed by atoms with Crippen LogP contribution in [0.15, 0.2) is 4.52 Å². The highest BCUT2D eigenvalue weighted by Gasteiger charge is 2.34. The SMILES string of the molecule is CC1(CN)CCN(Cc2nc(CC(F)(F)F)no2)C1. The summed E-state index contributed by atoms with van der Waals surface area (Å²) in [4.78, 5) is 5.83. The van der Waals surface area contributed by atoms with Crippen molar-refractivity contribution in [1.82, 2.24) is 15.0 Å². The van der Waals surface area contributed by atoms with E-state index in [4.69, 9.17) is 10.3 Å². The van der Waals surface area contributed by atoms with E-state index in [9.17, 15) is 13.2 Å². The van der Waals surface area contributed by atoms with Crippen molar-refractivity contribution in [1.29, 1.82) is 0 Å². The fourth-order valence-electron chi connectivity index (χ4n) is 2.22. The Morgan fingerprint density at radius 2 is 2.21 bits per heavy atom. The lowest BCUT2D eigenvalue weighted by molar-refractivity contribution is -0.128. The van der Waals surface area contributed by atoms with Gasteiger partial charge in [0.25, 0.3) is 0 Å². The third kappa shape index (κ3) is 3.90. The molecule has 0 aliphatic carbocycles. The number of rotatable bonds is 4. The molecule has 108 valence electrons. The van der Waals surface area contributed by atoms with Crippen LogP contribution in [0.4, 0.5) is 13.2 Å². The average Bonchev–Trinajstić information content (AvgIpc) is 2.86. The van der Waals surface area contributed by atoms with Crippen LogP contribution in [0.1, 0.15) is 25.1 Å². The first-order valence-electron chi connectivity index (χ1n) is 6.10. The van der Waals surface area contributed by atoms with Gasteiger partial charge in [-0.15, -0.1) is 0 Å². The lowest BCUT2D eigenvalue weighted by Crippen LogP contribution is -2.31. The minimum Gasteiger partial charge on any atom is -0.338 e. The van der Waals surface area contributed by atoms with Crippen LogP contribution < -0.4 is 5.73 Å². The van der Waals surface area contributed by atoms with E-state index in [-0.39, 0.29) is 17.1 Å². The molecular weight excluding hydrogens is 261 g/mol. The summed E-state index contributed by atoms with van der Waals surface area (Å²) in [6.07, 6.45) is -4.50. The molecule has 0 spiro atoms. The summed E-state index contributed by atoms with van der Waals surface area (Å²) in [5.74, 6) is -0.0937. The second kappa shape index (κ2) is 5.09. The first kappa shape index (κ1) is 14.3. The summed E-state index contributed by atoms with van der Waals surface area (Å²) >= 11 is 0. The highest BCUT2D eigenvalue weighted by molar-refractivity contribution is 4.92. The molecule has 8 heteroatoms. The zero-order valence-electron chi connectivity index (χ0n) is 10.7. The highest BCUT2D eigenvalue weighted by atomic mass is 19.4. The van der Waals surface area contributed by atoms with E-state index in [1.165, 1.54) is 0 Å². The van der Waals surface area contributed by atoms with Gasteiger partial charge in [0.05, 0.1) is 6.54 Å². The zero-order chi connectivity index (χ0) is 14.1. The summed E-state index contributed by atoms with van der Waals surface area (Å²) in [5, 5.41) is 3.34. The molecule has 2 N–H and O–H groups in total. The summed E-state index contributed by atoms with van der Waals surface area (Å²) < 4.78 is 41.3. The van der Waals surface area contributed by atoms with Crippen LogP contribution in [-0.4, -0.2) is 40.9 Å². The van der Waals surface area contributed by atoms with Crippen LogP contribution in [0, 0.1) is 5.41 Å². The standard InChI is InChI=1S/C11H17F3N4O/c1-10(6-15)2-3-18(7-10)5-9-16-8(17-19-9)4-11(12,13)14/h2-7,15H2,1H3. The van der Waals surface area contributed by atoms with Crippen LogP contribution in [0.5, 0.6) is 0 Å². The molecule has 5 nitrogen and oxygen atoms in total. The van der Waals surface area contributed by atoms with Crippen molar-refractivity contribution in [3.63, 3.8) is 0 Å². The summed E-state index contributed by atoms with van der Waals surface area (Å²) in [6, 6.07) is 0. The largest absolute Gasteiger partial charge is 0.396 e. The minimum absolute atomic E-state index is 0.0643. The van der Waals surface area contributed by atoms with Crippen LogP contribution in [0.2, 0.25) is 0 Å². The van der Waals surface area contributed by atoms with Crippen molar-refractivity contribution in [2.45, 2.75) is 32.5 Å². The minimum atomic E-state index is -4.31. The Morgan fingerprint density at radius 1 is 1.47 bits per heavy atom. The number of alkyl halides is 3. The number of likely N-dealkylation sites (tertiary alicyclic amines) is 1. The smallest absolute Gasteiger partial charge is 0.338 e. The number of hydrogen-bond donors (Lipinski definition) is 1. The Balaban J connectivity index is 1.91. The topological polar surface area (TPSA) is 68.2 Å². The Bertz CT molecular complexity index is 434. The molecular formula is C11H17F3N4O. The predicted octanol–water partition coefficient (Wildman–Crippen LogP) is 1.35. The lowest BCUT2D eigenvalue weighted by Gasteiger charge is -2.21. The van der Waals surface area contributed by atoms with Gasteiger partial charge in [0.15, 0.2) is 5.82 Å². The Labute approximate surface area is 108 Å². The molecule has 0 aromatic carbocycles. The average molecular weight is 278 g/mol. The molecule has 1 saturated heterocycles. The van der Waals surface area contributed by atoms with E-state index in [1.54, 1.807) is 0 Å². The zero-order valence-corrected chi connectivity index (χ0v) is 10.7. The molecule has 1 aliphatic rings. The fourth-order valence-corrected chi connectivity index (χ4v) is 2.22. The number of aromatic nitrogens is 2. The number of nitrogens with two attached hydrogens (primary N) is 1. The van der Waals surface area contributed by atoms with Gasteiger partial charge in [-0.2, -0.15) is 18.2 Å². The monoisotopic (exact) mass is 278 g/mol. The van der Waals surface area contributed by atoms with Gasteiger partial charge in [0.2, 0.25) is 5.89 Å². The Kier molecular flexibility index (Phi) is 3.82. The number of halogens is 3. The van der Waals surface area contributed by atoms with Gasteiger partial charge in [0, 0.05) is 6.54 Å². The van der Waals surface area contributed by atoms with Crippen LogP contribution in [0.25, 0.3) is 0 Å². The molecule has 1 aromatic heterocycles. The predicted molar refractivity (Wildman–Crippen MR) is 61.1 cm³/mol. The summed E-state index contributed by atoms with van der Waals surface area (Å²) in [5.41, 5.74) is 5.76. The molecule has 0 saturated carbocycles. The molecule has 19 heavy (non-hydrogen) atoms. The van der Waals surface area contributed by atoms with Gasteiger partial charge in [-0.1, -0.05) is 12.1 Å². The highest BCUT2D eigenvalue weighted by Crippen LogP contribution is 2.29. The molecule has 1 unspecified atom stereocenters. The van der Waals surface area contributed by atoms with E-state index < -0.39 is 12.6 Å². The normalized spacial score (nSPS) is 25.1. The van der Waals surface area contributed by atoms with Crippen molar-refractivity contribution in [3.05, 3.63) is 11.7 Å². The Hall–Kier alpha value is -1.15. The first-order chi connectivity index (χ1) is 8.80. The Morgan fingerprint density at radius 3 is 2.79 bits per heavy atom. The molecule has 1 aromatic rings. The van der Waals surface area contributed by atoms with E-state index >= 15 is 0 Å². The van der Waals surface area contributed by atoms with Gasteiger partial charge in [-0.3, -0.25) is 4.90 Å². The van der Waals surface area contributed by atoms with E-state index in [0.29, 0.717) is 13.1 Å². The molecule has 2 rings (SSSR count). The molecule has 1 fully saturated rings. The van der Waals surface area contributed by atoms with Gasteiger partial charge < -0.3 is 10.3 Å². The summed E-state index contributed by atoms with van der Waals surface area (Å²) in [7, 11) is 0. The second-order valence-corrected chi connectivity index (χ2v) is 5.37. The first-order valence-corrected chi connectivity index (χ1v) is 6.10. The van der Waals surface area contributed by atoms with Gasteiger partial charge in [-0.25, -0.2) is 0 Å². The number of hydrogen-bond acceptors (Lipinski definition) is 5. The fraction of sp³-hybridized carbons (Fsp3) is 0.818. The molecule has 0 amide bonds. The van der Waals surface area contributed by atoms with E-state index in [2.05, 4.69) is 22.0 Å². The van der Waals surface area contributed by atoms with Crippen molar-refractivity contribution in [2.24, 2.45) is 11.1 Å². The van der Waals surface area contributed by atoms with Crippen molar-refractivity contribution in [2.75, 3.05) is 19.6 Å². The molecule has 1 aliphatic heterocycles. The van der Waals surface area contributed by atoms with Crippen LogP contribution in [-0.2, 0) is 13.0 Å². The van der Waals surface area contributed by atoms with Gasteiger partial charge in [0.1, 0.15) is 6.42 Å². The third-order valence-corrected chi connectivity index (χ3v) is 3.36. The van der Waals surface area contributed by atoms with E-state index in [1.807, 2.05) is 0 Å². The third-order valence-electron chi connectivity index (χ3n) is 3.36. The van der Waals surface area contributed by atoms with Crippen molar-refractivity contribution < 1.29 is 17.7 Å². The molecule has 0 radical (unpaired) electrons. The summed E-state index contributed by atoms with van der Waals surface area (Å²) in [6.45, 7) is 4.69. The van der Waals surface area contributed by atoms with Gasteiger partial charge >= 0.3 is 6.18 Å². The van der Waals surface area contributed by atoms with Crippen molar-refractivity contribution >= 4 is 0 Å². The van der Waals surface area contributed by atoms with Crippen LogP contribution >= 0.6 is 0 Å². The van der Waals surface area contributed by atoms with Crippen LogP contribution in [0.3, 0.4) is 0 Å². The maximum atomic E-state index is 12.2. The second-order valence-electron chi connectivity index (χ2n) is 5.37. The van der Waals surface area contributed by atoms with Crippen molar-refractivity contribution in [3.8, 4) is 0 Å². The van der Waals surface area contributed by atoms with Gasteiger partial charge in [-0.05, 0) is 24.9 Å². The molecule has 0 bridgehead atoms. The lowest BCUT2D eigenvalue weighted by atomic mass is 9.90. The molecule has 1 atom stereocenters. The maximum absolute atomic E-state index is 12.2. The van der Waals surface area contributed by atoms with E-state index in [0.717, 1.165) is 19.5 Å². The number of nitrogens with zero attached hydrogens (tertiary/aromatic N) is 3.